The Morgan fingerprint density at radius 2 is 1.90 bits per heavy atom. The number of piperidine rings is 1. The van der Waals surface area contributed by atoms with Gasteiger partial charge in [-0.05, 0) is 58.9 Å². The molecule has 3 aliphatic heterocycles. The highest BCUT2D eigenvalue weighted by Crippen LogP contribution is 2.49. The first kappa shape index (κ1) is 30.5. The number of fused-ring (bicyclic) bond motifs is 1. The summed E-state index contributed by atoms with van der Waals surface area (Å²) >= 11 is 1.40. The van der Waals surface area contributed by atoms with Gasteiger partial charge in [-0.25, -0.2) is 9.79 Å². The van der Waals surface area contributed by atoms with E-state index >= 15 is 0 Å². The van der Waals surface area contributed by atoms with E-state index < -0.39 is 17.6 Å². The maximum Gasteiger partial charge on any atom is 0.338 e. The summed E-state index contributed by atoms with van der Waals surface area (Å²) in [6.45, 7) is 10.2. The Hall–Kier alpha value is -3.47. The number of aliphatic imine (C=N–C) groups is 1. The number of para-hydroxylation sites is 1. The molecule has 1 aromatic carbocycles. The van der Waals surface area contributed by atoms with E-state index in [1.54, 1.807) is 39.0 Å². The topological polar surface area (TPSA) is 107 Å². The smallest absolute Gasteiger partial charge is 0.338 e. The van der Waals surface area contributed by atoms with Crippen molar-refractivity contribution in [2.24, 2.45) is 10.9 Å². The van der Waals surface area contributed by atoms with Gasteiger partial charge in [0, 0.05) is 24.4 Å². The molecule has 1 fully saturated rings. The molecule has 11 heteroatoms. The molecule has 0 spiro atoms. The molecular formula is C30H39N3O7S. The highest BCUT2D eigenvalue weighted by Gasteiger charge is 2.44. The van der Waals surface area contributed by atoms with Crippen LogP contribution >= 0.6 is 11.8 Å². The second kappa shape index (κ2) is 12.6. The molecular weight excluding hydrogens is 546 g/mol. The second-order valence-corrected chi connectivity index (χ2v) is 11.9. The van der Waals surface area contributed by atoms with Gasteiger partial charge in [0.1, 0.15) is 5.60 Å². The van der Waals surface area contributed by atoms with Gasteiger partial charge in [-0.1, -0.05) is 23.9 Å². The van der Waals surface area contributed by atoms with Crippen LogP contribution in [0.3, 0.4) is 0 Å². The first-order valence-corrected chi connectivity index (χ1v) is 14.7. The molecule has 41 heavy (non-hydrogen) atoms. The van der Waals surface area contributed by atoms with Gasteiger partial charge in [0.25, 0.3) is 0 Å². The fraction of sp³-hybridized carbons (Fsp3) is 0.533. The summed E-state index contributed by atoms with van der Waals surface area (Å²) in [5.41, 5.74) is 1.54. The monoisotopic (exact) mass is 585 g/mol. The third-order valence-electron chi connectivity index (χ3n) is 7.07. The lowest BCUT2D eigenvalue weighted by Crippen LogP contribution is -2.44. The Labute approximate surface area is 245 Å². The van der Waals surface area contributed by atoms with Crippen molar-refractivity contribution in [2.45, 2.75) is 65.5 Å². The van der Waals surface area contributed by atoms with Crippen LogP contribution in [0.2, 0.25) is 0 Å². The van der Waals surface area contributed by atoms with E-state index in [0.29, 0.717) is 65.3 Å². The fourth-order valence-electron chi connectivity index (χ4n) is 5.31. The molecule has 0 bridgehead atoms. The maximum absolute atomic E-state index is 13.7. The number of esters is 2. The third-order valence-corrected chi connectivity index (χ3v) is 7.96. The van der Waals surface area contributed by atoms with Gasteiger partial charge in [0.15, 0.2) is 16.7 Å². The van der Waals surface area contributed by atoms with Crippen molar-refractivity contribution in [2.75, 3.05) is 33.9 Å². The fourth-order valence-corrected chi connectivity index (χ4v) is 6.27. The molecule has 1 amide bonds. The zero-order valence-corrected chi connectivity index (χ0v) is 25.6. The molecule has 0 saturated carbocycles. The SMILES string of the molecule is CCOC(=O)[C@H]1CCCN(C(=O)CC2=CSC3=NC(C)=C(C(=O)OC(C)(C)C)[C@H](c4cccc(OC)c4OC)N23)C1. The number of allylic oxidation sites excluding steroid dienone is 1. The molecule has 0 aliphatic carbocycles. The largest absolute Gasteiger partial charge is 0.493 e. The first-order chi connectivity index (χ1) is 19.5. The van der Waals surface area contributed by atoms with Crippen LogP contribution < -0.4 is 9.47 Å². The summed E-state index contributed by atoms with van der Waals surface area (Å²) in [6, 6.07) is 4.83. The lowest BCUT2D eigenvalue weighted by Gasteiger charge is -2.38. The first-order valence-electron chi connectivity index (χ1n) is 13.8. The zero-order chi connectivity index (χ0) is 29.9. The van der Waals surface area contributed by atoms with Crippen LogP contribution in [0.25, 0.3) is 0 Å². The van der Waals surface area contributed by atoms with Crippen molar-refractivity contribution < 1.29 is 33.3 Å². The van der Waals surface area contributed by atoms with E-state index in [-0.39, 0.29) is 24.2 Å². The van der Waals surface area contributed by atoms with E-state index in [1.165, 1.54) is 11.8 Å². The number of amidine groups is 1. The number of hydrogen-bond donors (Lipinski definition) is 0. The lowest BCUT2D eigenvalue weighted by molar-refractivity contribution is -0.152. The van der Waals surface area contributed by atoms with Gasteiger partial charge < -0.3 is 28.7 Å². The van der Waals surface area contributed by atoms with Gasteiger partial charge in [-0.15, -0.1) is 0 Å². The van der Waals surface area contributed by atoms with Crippen molar-refractivity contribution in [3.8, 4) is 11.5 Å². The Kier molecular flexibility index (Phi) is 9.36. The van der Waals surface area contributed by atoms with Gasteiger partial charge >= 0.3 is 11.9 Å². The number of likely N-dealkylation sites (tertiary alicyclic amines) is 1. The molecule has 3 aliphatic rings. The van der Waals surface area contributed by atoms with Crippen LogP contribution in [0, 0.1) is 5.92 Å². The van der Waals surface area contributed by atoms with Crippen molar-refractivity contribution in [3.63, 3.8) is 0 Å². The number of carbonyl (C=O) groups is 3. The summed E-state index contributed by atoms with van der Waals surface area (Å²) in [4.78, 5) is 48.1. The Bertz CT molecular complexity index is 1300. The number of amides is 1. The van der Waals surface area contributed by atoms with Gasteiger partial charge in [-0.3, -0.25) is 9.59 Å². The Morgan fingerprint density at radius 1 is 1.15 bits per heavy atom. The number of hydrogen-bond acceptors (Lipinski definition) is 10. The molecule has 0 aromatic heterocycles. The molecule has 10 nitrogen and oxygen atoms in total. The summed E-state index contributed by atoms with van der Waals surface area (Å²) in [5.74, 6) is -0.200. The molecule has 2 atom stereocenters. The van der Waals surface area contributed by atoms with Crippen LogP contribution in [0.4, 0.5) is 0 Å². The molecule has 4 rings (SSSR count). The van der Waals surface area contributed by atoms with E-state index in [2.05, 4.69) is 0 Å². The van der Waals surface area contributed by atoms with E-state index in [9.17, 15) is 14.4 Å². The molecule has 1 aromatic rings. The third kappa shape index (κ3) is 6.55. The minimum Gasteiger partial charge on any atom is -0.493 e. The number of rotatable bonds is 8. The predicted molar refractivity (Wildman–Crippen MR) is 156 cm³/mol. The average Bonchev–Trinajstić information content (AvgIpc) is 3.32. The summed E-state index contributed by atoms with van der Waals surface area (Å²) in [7, 11) is 3.11. The molecule has 0 N–H and O–H groups in total. The van der Waals surface area contributed by atoms with E-state index in [0.717, 1.165) is 6.42 Å². The lowest BCUT2D eigenvalue weighted by atomic mass is 9.92. The van der Waals surface area contributed by atoms with Gasteiger partial charge in [0.05, 0.1) is 50.5 Å². The van der Waals surface area contributed by atoms with Crippen molar-refractivity contribution >= 4 is 34.8 Å². The minimum absolute atomic E-state index is 0.0744. The number of ether oxygens (including phenoxy) is 4. The molecule has 222 valence electrons. The van der Waals surface area contributed by atoms with Crippen molar-refractivity contribution in [3.05, 3.63) is 46.1 Å². The van der Waals surface area contributed by atoms with Crippen LogP contribution in [-0.4, -0.2) is 72.3 Å². The number of carbonyl (C=O) groups excluding carboxylic acids is 3. The zero-order valence-electron chi connectivity index (χ0n) is 24.8. The predicted octanol–water partition coefficient (Wildman–Crippen LogP) is 4.81. The van der Waals surface area contributed by atoms with Crippen LogP contribution in [-0.2, 0) is 23.9 Å². The second-order valence-electron chi connectivity index (χ2n) is 11.1. The van der Waals surface area contributed by atoms with Gasteiger partial charge in [-0.2, -0.15) is 0 Å². The number of thioether (sulfide) groups is 1. The molecule has 1 saturated heterocycles. The number of benzene rings is 1. The molecule has 3 heterocycles. The van der Waals surface area contributed by atoms with Crippen LogP contribution in [0.5, 0.6) is 11.5 Å². The summed E-state index contributed by atoms with van der Waals surface area (Å²) in [5, 5.41) is 2.55. The van der Waals surface area contributed by atoms with Crippen molar-refractivity contribution in [1.82, 2.24) is 9.80 Å². The normalized spacial score (nSPS) is 20.7. The maximum atomic E-state index is 13.7. The van der Waals surface area contributed by atoms with Gasteiger partial charge in [0.2, 0.25) is 5.91 Å². The van der Waals surface area contributed by atoms with E-state index in [1.807, 2.05) is 43.2 Å². The van der Waals surface area contributed by atoms with E-state index in [4.69, 9.17) is 23.9 Å². The standard InChI is InChI=1S/C30H39N3O7S/c1-8-39-27(35)19-11-10-14-32(16-19)23(34)15-20-17-41-29-31-18(2)24(28(36)40-30(3,4)5)25(33(20)29)21-12-9-13-22(37-6)26(21)38-7/h9,12-13,17,19,25H,8,10-11,14-16H2,1-7H3/t19-,25-/m0/s1. The quantitative estimate of drug-likeness (QED) is 0.397. The molecule has 0 unspecified atom stereocenters. The average molecular weight is 586 g/mol. The van der Waals surface area contributed by atoms with Crippen LogP contribution in [0.15, 0.2) is 45.6 Å². The summed E-state index contributed by atoms with van der Waals surface area (Å²) in [6.07, 6.45) is 1.50. The number of methoxy groups -OCH3 is 2. The number of nitrogens with zero attached hydrogens (tertiary/aromatic N) is 3. The highest BCUT2D eigenvalue weighted by molar-refractivity contribution is 8.16. The Morgan fingerprint density at radius 3 is 2.56 bits per heavy atom. The minimum atomic E-state index is -0.727. The van der Waals surface area contributed by atoms with Crippen molar-refractivity contribution in [1.29, 1.82) is 0 Å². The van der Waals surface area contributed by atoms with Crippen LogP contribution in [0.1, 0.15) is 65.5 Å². The molecule has 0 radical (unpaired) electrons. The summed E-state index contributed by atoms with van der Waals surface area (Å²) < 4.78 is 22.4. The Balaban J connectivity index is 1.70. The highest BCUT2D eigenvalue weighted by atomic mass is 32.2.